The van der Waals surface area contributed by atoms with Crippen molar-refractivity contribution in [2.45, 2.75) is 76.7 Å². The van der Waals surface area contributed by atoms with Crippen LogP contribution in [0.25, 0.3) is 0 Å². The Hall–Kier alpha value is -0.740. The van der Waals surface area contributed by atoms with Crippen LogP contribution in [-0.4, -0.2) is 10.7 Å². The lowest BCUT2D eigenvalue weighted by molar-refractivity contribution is -0.0993. The van der Waals surface area contributed by atoms with Crippen LogP contribution in [0.2, 0.25) is 0 Å². The molecule has 1 N–H and O–H groups in total. The molecule has 0 aromatic rings. The van der Waals surface area contributed by atoms with Gasteiger partial charge < -0.3 is 5.11 Å². The normalized spacial score (nSPS) is 50.3. The highest BCUT2D eigenvalue weighted by molar-refractivity contribution is 5.26. The van der Waals surface area contributed by atoms with Crippen molar-refractivity contribution in [1.82, 2.24) is 0 Å². The van der Waals surface area contributed by atoms with Crippen molar-refractivity contribution in [2.75, 3.05) is 0 Å². The van der Waals surface area contributed by atoms with Gasteiger partial charge in [-0.25, -0.2) is 0 Å². The topological polar surface area (TPSA) is 20.2 Å². The zero-order valence-corrected chi connectivity index (χ0v) is 14.0. The van der Waals surface area contributed by atoms with Gasteiger partial charge in [0.2, 0.25) is 0 Å². The Morgan fingerprint density at radius 3 is 2.86 bits per heavy atom. The summed E-state index contributed by atoms with van der Waals surface area (Å²) in [6.45, 7) is 2.26. The van der Waals surface area contributed by atoms with Gasteiger partial charge in [-0.3, -0.25) is 0 Å². The molecule has 0 amide bonds. The Balaban J connectivity index is 1.68. The summed E-state index contributed by atoms with van der Waals surface area (Å²) < 4.78 is 0. The van der Waals surface area contributed by atoms with E-state index in [4.69, 9.17) is 6.42 Å². The van der Waals surface area contributed by atoms with E-state index >= 15 is 0 Å². The van der Waals surface area contributed by atoms with Gasteiger partial charge in [0.05, 0.1) is 0 Å². The standard InChI is InChI=1S/C21H30O/c1-3-20-13-11-17-16-8-6-5-7-15(16)9-10-18(17)19(20)12-14-21(20,22)4-2/h2,7,16-19,22H,3,5-6,8-14H2,1H3/t16-,17?,18+,19?,20-,21-/m1/s1. The van der Waals surface area contributed by atoms with E-state index in [0.717, 1.165) is 43.4 Å². The largest absolute Gasteiger partial charge is 0.377 e. The zero-order valence-electron chi connectivity index (χ0n) is 14.0. The first-order valence-corrected chi connectivity index (χ1v) is 9.54. The first kappa shape index (κ1) is 14.8. The number of terminal acetylenes is 1. The molecule has 0 saturated heterocycles. The maximum Gasteiger partial charge on any atom is 0.131 e. The van der Waals surface area contributed by atoms with E-state index in [2.05, 4.69) is 18.9 Å². The maximum absolute atomic E-state index is 11.1. The van der Waals surface area contributed by atoms with Crippen molar-refractivity contribution in [3.05, 3.63) is 11.6 Å². The zero-order chi connectivity index (χ0) is 15.4. The average Bonchev–Trinajstić information content (AvgIpc) is 2.89. The van der Waals surface area contributed by atoms with E-state index in [1.54, 1.807) is 5.57 Å². The SMILES string of the molecule is C#C[C@@]1(O)CCC2[C@H]3CCC4=CCCC[C@H]4C3CC[C@]21CC. The number of hydrogen-bond acceptors (Lipinski definition) is 1. The summed E-state index contributed by atoms with van der Waals surface area (Å²) in [4.78, 5) is 0. The lowest BCUT2D eigenvalue weighted by Gasteiger charge is -2.56. The van der Waals surface area contributed by atoms with Crippen molar-refractivity contribution in [3.8, 4) is 12.3 Å². The van der Waals surface area contributed by atoms with Crippen molar-refractivity contribution < 1.29 is 5.11 Å². The van der Waals surface area contributed by atoms with Gasteiger partial charge in [-0.2, -0.15) is 0 Å². The summed E-state index contributed by atoms with van der Waals surface area (Å²) >= 11 is 0. The molecule has 0 heterocycles. The molecule has 4 rings (SSSR count). The fraction of sp³-hybridized carbons (Fsp3) is 0.810. The Morgan fingerprint density at radius 1 is 1.23 bits per heavy atom. The molecule has 120 valence electrons. The van der Waals surface area contributed by atoms with Gasteiger partial charge in [0.25, 0.3) is 0 Å². The minimum atomic E-state index is -0.833. The summed E-state index contributed by atoms with van der Waals surface area (Å²) in [5.74, 6) is 6.05. The van der Waals surface area contributed by atoms with Crippen LogP contribution in [0.1, 0.15) is 71.1 Å². The van der Waals surface area contributed by atoms with Crippen LogP contribution in [0.4, 0.5) is 0 Å². The molecule has 1 nitrogen and oxygen atoms in total. The molecular weight excluding hydrogens is 268 g/mol. The predicted octanol–water partition coefficient (Wildman–Crippen LogP) is 4.70. The Bertz CT molecular complexity index is 527. The quantitative estimate of drug-likeness (QED) is 0.549. The van der Waals surface area contributed by atoms with Crippen LogP contribution < -0.4 is 0 Å². The molecule has 0 aliphatic heterocycles. The van der Waals surface area contributed by atoms with E-state index in [0.29, 0.717) is 5.92 Å². The minimum absolute atomic E-state index is 0.0127. The molecule has 1 heteroatoms. The second kappa shape index (κ2) is 5.13. The first-order chi connectivity index (χ1) is 10.6. The fourth-order valence-corrected chi connectivity index (χ4v) is 7.08. The van der Waals surface area contributed by atoms with Crippen LogP contribution in [0.3, 0.4) is 0 Å². The molecule has 4 aliphatic carbocycles. The number of allylic oxidation sites excluding steroid dienone is 2. The summed E-state index contributed by atoms with van der Waals surface area (Å²) in [5.41, 5.74) is 0.959. The molecule has 6 atom stereocenters. The van der Waals surface area contributed by atoms with Crippen LogP contribution in [-0.2, 0) is 0 Å². The summed E-state index contributed by atoms with van der Waals surface area (Å²) in [6, 6.07) is 0. The van der Waals surface area contributed by atoms with Gasteiger partial charge in [0, 0.05) is 5.41 Å². The van der Waals surface area contributed by atoms with Gasteiger partial charge in [0.1, 0.15) is 5.60 Å². The minimum Gasteiger partial charge on any atom is -0.377 e. The molecule has 22 heavy (non-hydrogen) atoms. The van der Waals surface area contributed by atoms with Gasteiger partial charge in [-0.05, 0) is 87.9 Å². The van der Waals surface area contributed by atoms with Crippen LogP contribution >= 0.6 is 0 Å². The van der Waals surface area contributed by atoms with Crippen LogP contribution in [0.15, 0.2) is 11.6 Å². The summed E-state index contributed by atoms with van der Waals surface area (Å²) in [5, 5.41) is 11.1. The summed E-state index contributed by atoms with van der Waals surface area (Å²) in [6.07, 6.45) is 20.6. The van der Waals surface area contributed by atoms with E-state index < -0.39 is 5.60 Å². The molecule has 2 unspecified atom stereocenters. The highest BCUT2D eigenvalue weighted by Gasteiger charge is 2.63. The second-order valence-corrected chi connectivity index (χ2v) is 8.38. The Kier molecular flexibility index (Phi) is 3.46. The fourth-order valence-electron chi connectivity index (χ4n) is 7.08. The highest BCUT2D eigenvalue weighted by Crippen LogP contribution is 2.66. The molecule has 0 bridgehead atoms. The van der Waals surface area contributed by atoms with E-state index in [-0.39, 0.29) is 5.41 Å². The summed E-state index contributed by atoms with van der Waals surface area (Å²) in [7, 11) is 0. The predicted molar refractivity (Wildman–Crippen MR) is 90.1 cm³/mol. The molecule has 3 fully saturated rings. The Labute approximate surface area is 135 Å². The van der Waals surface area contributed by atoms with Crippen molar-refractivity contribution in [1.29, 1.82) is 0 Å². The Morgan fingerprint density at radius 2 is 2.09 bits per heavy atom. The van der Waals surface area contributed by atoms with Crippen molar-refractivity contribution in [3.63, 3.8) is 0 Å². The van der Waals surface area contributed by atoms with E-state index in [9.17, 15) is 5.11 Å². The van der Waals surface area contributed by atoms with E-state index in [1.807, 2.05) is 0 Å². The van der Waals surface area contributed by atoms with Gasteiger partial charge in [-0.15, -0.1) is 6.42 Å². The number of aliphatic hydroxyl groups is 1. The molecule has 4 aliphatic rings. The number of hydrogen-bond donors (Lipinski definition) is 1. The van der Waals surface area contributed by atoms with E-state index in [1.165, 1.54) is 38.5 Å². The average molecular weight is 298 g/mol. The molecule has 0 aromatic carbocycles. The highest BCUT2D eigenvalue weighted by atomic mass is 16.3. The first-order valence-electron chi connectivity index (χ1n) is 9.54. The van der Waals surface area contributed by atoms with Gasteiger partial charge in [0.15, 0.2) is 0 Å². The number of rotatable bonds is 1. The van der Waals surface area contributed by atoms with Crippen LogP contribution in [0.5, 0.6) is 0 Å². The molecule has 3 saturated carbocycles. The van der Waals surface area contributed by atoms with Crippen LogP contribution in [0, 0.1) is 41.4 Å². The molecule has 0 aromatic heterocycles. The number of fused-ring (bicyclic) bond motifs is 5. The third-order valence-corrected chi connectivity index (χ3v) is 8.10. The second-order valence-electron chi connectivity index (χ2n) is 8.38. The van der Waals surface area contributed by atoms with Gasteiger partial charge >= 0.3 is 0 Å². The maximum atomic E-state index is 11.1. The smallest absolute Gasteiger partial charge is 0.131 e. The third-order valence-electron chi connectivity index (χ3n) is 8.10. The van der Waals surface area contributed by atoms with Crippen molar-refractivity contribution in [2.24, 2.45) is 29.1 Å². The lowest BCUT2D eigenvalue weighted by Crippen LogP contribution is -2.53. The van der Waals surface area contributed by atoms with Crippen molar-refractivity contribution >= 4 is 0 Å². The molecule has 0 spiro atoms. The molecule has 0 radical (unpaired) electrons. The lowest BCUT2D eigenvalue weighted by atomic mass is 9.49. The monoisotopic (exact) mass is 298 g/mol. The molecular formula is C21H30O. The third kappa shape index (κ3) is 1.77. The van der Waals surface area contributed by atoms with Gasteiger partial charge in [-0.1, -0.05) is 24.5 Å².